The van der Waals surface area contributed by atoms with E-state index in [4.69, 9.17) is 11.6 Å². The lowest BCUT2D eigenvalue weighted by Crippen LogP contribution is -1.80. The summed E-state index contributed by atoms with van der Waals surface area (Å²) in [6, 6.07) is 0. The van der Waals surface area contributed by atoms with Gasteiger partial charge in [0.15, 0.2) is 0 Å². The van der Waals surface area contributed by atoms with E-state index in [0.717, 1.165) is 18.1 Å². The molecular formula is C7H10ClNS2. The number of rotatable bonds is 5. The fraction of sp³-hybridized carbons (Fsp3) is 0.571. The van der Waals surface area contributed by atoms with Crippen molar-refractivity contribution in [1.82, 2.24) is 4.98 Å². The van der Waals surface area contributed by atoms with Crippen LogP contribution in [0.4, 0.5) is 0 Å². The molecule has 0 unspecified atom stereocenters. The van der Waals surface area contributed by atoms with Crippen LogP contribution in [0.5, 0.6) is 0 Å². The molecule has 0 aromatic carbocycles. The number of hydrogen-bond acceptors (Lipinski definition) is 3. The molecular weight excluding hydrogens is 198 g/mol. The van der Waals surface area contributed by atoms with Crippen molar-refractivity contribution in [3.8, 4) is 0 Å². The van der Waals surface area contributed by atoms with Crippen molar-refractivity contribution in [3.05, 3.63) is 11.6 Å². The first kappa shape index (κ1) is 9.36. The topological polar surface area (TPSA) is 12.9 Å². The molecule has 0 aliphatic rings. The third-order valence-electron chi connectivity index (χ3n) is 1.16. The van der Waals surface area contributed by atoms with Gasteiger partial charge in [-0.15, -0.1) is 22.9 Å². The van der Waals surface area contributed by atoms with Crippen LogP contribution >= 0.6 is 34.7 Å². The Balaban J connectivity index is 2.04. The lowest BCUT2D eigenvalue weighted by atomic mass is 10.4. The summed E-state index contributed by atoms with van der Waals surface area (Å²) in [7, 11) is 0. The van der Waals surface area contributed by atoms with Crippen molar-refractivity contribution in [3.63, 3.8) is 0 Å². The van der Waals surface area contributed by atoms with Crippen LogP contribution in [0, 0.1) is 0 Å². The minimum Gasteiger partial charge on any atom is -0.238 e. The minimum atomic E-state index is 0.776. The summed E-state index contributed by atoms with van der Waals surface area (Å²) in [6.07, 6.45) is 4.14. The van der Waals surface area contributed by atoms with E-state index in [1.165, 1.54) is 10.8 Å². The third-order valence-corrected chi connectivity index (χ3v) is 3.48. The van der Waals surface area contributed by atoms with Crippen molar-refractivity contribution in [2.45, 2.75) is 17.2 Å². The van der Waals surface area contributed by atoms with E-state index in [-0.39, 0.29) is 0 Å². The summed E-state index contributed by atoms with van der Waals surface area (Å²) in [4.78, 5) is 4.16. The summed E-state index contributed by atoms with van der Waals surface area (Å²) in [5, 5.41) is 2.00. The highest BCUT2D eigenvalue weighted by Gasteiger charge is 1.94. The van der Waals surface area contributed by atoms with Crippen LogP contribution in [0.25, 0.3) is 0 Å². The van der Waals surface area contributed by atoms with Crippen molar-refractivity contribution < 1.29 is 0 Å². The summed E-state index contributed by atoms with van der Waals surface area (Å²) in [5.74, 6) is 1.92. The van der Waals surface area contributed by atoms with Crippen LogP contribution in [0.3, 0.4) is 0 Å². The molecule has 4 heteroatoms. The van der Waals surface area contributed by atoms with Gasteiger partial charge in [-0.05, 0) is 12.8 Å². The number of hydrogen-bond donors (Lipinski definition) is 0. The van der Waals surface area contributed by atoms with Crippen molar-refractivity contribution in [2.24, 2.45) is 0 Å². The average Bonchev–Trinajstić information content (AvgIpc) is 2.50. The molecule has 1 rings (SSSR count). The molecule has 0 radical (unpaired) electrons. The highest BCUT2D eigenvalue weighted by molar-refractivity contribution is 8.00. The number of halogens is 1. The SMILES string of the molecule is ClCCCCSc1nccs1. The van der Waals surface area contributed by atoms with Crippen LogP contribution < -0.4 is 0 Å². The second-order valence-electron chi connectivity index (χ2n) is 2.04. The van der Waals surface area contributed by atoms with Gasteiger partial charge in [-0.1, -0.05) is 11.8 Å². The van der Waals surface area contributed by atoms with Gasteiger partial charge in [0.2, 0.25) is 0 Å². The zero-order valence-electron chi connectivity index (χ0n) is 6.12. The number of unbranched alkanes of at least 4 members (excludes halogenated alkanes) is 1. The van der Waals surface area contributed by atoms with Crippen LogP contribution in [0.2, 0.25) is 0 Å². The highest BCUT2D eigenvalue weighted by atomic mass is 35.5. The number of aromatic nitrogens is 1. The van der Waals surface area contributed by atoms with E-state index in [1.807, 2.05) is 23.3 Å². The van der Waals surface area contributed by atoms with E-state index < -0.39 is 0 Å². The monoisotopic (exact) mass is 207 g/mol. The van der Waals surface area contributed by atoms with Gasteiger partial charge >= 0.3 is 0 Å². The first-order chi connectivity index (χ1) is 5.43. The van der Waals surface area contributed by atoms with Crippen molar-refractivity contribution >= 4 is 34.7 Å². The van der Waals surface area contributed by atoms with Gasteiger partial charge in [0.1, 0.15) is 4.34 Å². The molecule has 0 amide bonds. The van der Waals surface area contributed by atoms with Crippen LogP contribution in [-0.4, -0.2) is 16.6 Å². The second kappa shape index (κ2) is 5.86. The number of thioether (sulfide) groups is 1. The molecule has 0 aliphatic heterocycles. The number of thiazole rings is 1. The molecule has 1 aromatic rings. The molecule has 0 atom stereocenters. The molecule has 0 N–H and O–H groups in total. The Labute approximate surface area is 80.2 Å². The van der Waals surface area contributed by atoms with Gasteiger partial charge < -0.3 is 0 Å². The van der Waals surface area contributed by atoms with Gasteiger partial charge in [-0.2, -0.15) is 0 Å². The maximum absolute atomic E-state index is 5.54. The summed E-state index contributed by atoms with van der Waals surface area (Å²) < 4.78 is 1.17. The van der Waals surface area contributed by atoms with Crippen molar-refractivity contribution in [1.29, 1.82) is 0 Å². The molecule has 1 aromatic heterocycles. The molecule has 0 saturated carbocycles. The van der Waals surface area contributed by atoms with Crippen molar-refractivity contribution in [2.75, 3.05) is 11.6 Å². The molecule has 0 spiro atoms. The normalized spacial score (nSPS) is 10.3. The lowest BCUT2D eigenvalue weighted by molar-refractivity contribution is 0.902. The molecule has 62 valence electrons. The molecule has 1 nitrogen and oxygen atoms in total. The van der Waals surface area contributed by atoms with E-state index in [0.29, 0.717) is 0 Å². The Bertz CT molecular complexity index is 177. The van der Waals surface area contributed by atoms with Crippen LogP contribution in [0.15, 0.2) is 15.9 Å². The lowest BCUT2D eigenvalue weighted by Gasteiger charge is -1.94. The molecule has 11 heavy (non-hydrogen) atoms. The molecule has 0 fully saturated rings. The molecule has 1 heterocycles. The molecule has 0 aliphatic carbocycles. The summed E-state index contributed by atoms with van der Waals surface area (Å²) in [5.41, 5.74) is 0. The largest absolute Gasteiger partial charge is 0.238 e. The summed E-state index contributed by atoms with van der Waals surface area (Å²) in [6.45, 7) is 0. The maximum atomic E-state index is 5.54. The highest BCUT2D eigenvalue weighted by Crippen LogP contribution is 2.21. The minimum absolute atomic E-state index is 0.776. The van der Waals surface area contributed by atoms with E-state index in [9.17, 15) is 0 Å². The van der Waals surface area contributed by atoms with Gasteiger partial charge in [0, 0.05) is 23.2 Å². The number of alkyl halides is 1. The predicted molar refractivity (Wildman–Crippen MR) is 52.8 cm³/mol. The first-order valence-electron chi connectivity index (χ1n) is 3.52. The third kappa shape index (κ3) is 3.99. The van der Waals surface area contributed by atoms with E-state index >= 15 is 0 Å². The van der Waals surface area contributed by atoms with Crippen LogP contribution in [0.1, 0.15) is 12.8 Å². The second-order valence-corrected chi connectivity index (χ2v) is 4.66. The predicted octanol–water partition coefficient (Wildman–Crippen LogP) is 3.25. The van der Waals surface area contributed by atoms with E-state index in [1.54, 1.807) is 11.3 Å². The zero-order chi connectivity index (χ0) is 7.94. The van der Waals surface area contributed by atoms with Gasteiger partial charge in [-0.25, -0.2) is 4.98 Å². The van der Waals surface area contributed by atoms with E-state index in [2.05, 4.69) is 4.98 Å². The quantitative estimate of drug-likeness (QED) is 0.418. The fourth-order valence-electron chi connectivity index (χ4n) is 0.638. The van der Waals surface area contributed by atoms with Gasteiger partial charge in [-0.3, -0.25) is 0 Å². The zero-order valence-corrected chi connectivity index (χ0v) is 8.51. The van der Waals surface area contributed by atoms with Gasteiger partial charge in [0.25, 0.3) is 0 Å². The number of nitrogens with zero attached hydrogens (tertiary/aromatic N) is 1. The Morgan fingerprint density at radius 2 is 2.45 bits per heavy atom. The molecule has 0 bridgehead atoms. The van der Waals surface area contributed by atoms with Gasteiger partial charge in [0.05, 0.1) is 0 Å². The first-order valence-corrected chi connectivity index (χ1v) is 5.91. The maximum Gasteiger partial charge on any atom is 0.149 e. The Morgan fingerprint density at radius 1 is 1.55 bits per heavy atom. The average molecular weight is 208 g/mol. The Morgan fingerprint density at radius 3 is 3.09 bits per heavy atom. The van der Waals surface area contributed by atoms with Crippen LogP contribution in [-0.2, 0) is 0 Å². The molecule has 0 saturated heterocycles. The Kier molecular flexibility index (Phi) is 4.99. The standard InChI is InChI=1S/C7H10ClNS2/c8-3-1-2-5-10-7-9-4-6-11-7/h4,6H,1-3,5H2. The summed E-state index contributed by atoms with van der Waals surface area (Å²) >= 11 is 9.06. The Hall–Kier alpha value is 0.270. The smallest absolute Gasteiger partial charge is 0.149 e. The fourth-order valence-corrected chi connectivity index (χ4v) is 2.53.